The Balaban J connectivity index is 1.75. The Kier molecular flexibility index (Phi) is 4.45. The van der Waals surface area contributed by atoms with E-state index in [2.05, 4.69) is 15.3 Å². The second kappa shape index (κ2) is 6.67. The van der Waals surface area contributed by atoms with Gasteiger partial charge in [0.2, 0.25) is 4.77 Å². The van der Waals surface area contributed by atoms with Crippen molar-refractivity contribution in [3.8, 4) is 0 Å². The molecule has 1 fully saturated rings. The molecule has 0 bridgehead atoms. The van der Waals surface area contributed by atoms with Crippen LogP contribution in [0.15, 0.2) is 34.0 Å². The van der Waals surface area contributed by atoms with Gasteiger partial charge in [-0.1, -0.05) is 19.3 Å². The zero-order chi connectivity index (χ0) is 14.5. The van der Waals surface area contributed by atoms with E-state index >= 15 is 0 Å². The number of nitrogens with one attached hydrogen (secondary N) is 1. The summed E-state index contributed by atoms with van der Waals surface area (Å²) in [6.45, 7) is 0. The van der Waals surface area contributed by atoms with Crippen LogP contribution in [0.3, 0.4) is 0 Å². The van der Waals surface area contributed by atoms with Crippen LogP contribution in [0, 0.1) is 4.77 Å². The van der Waals surface area contributed by atoms with Crippen molar-refractivity contribution < 1.29 is 4.42 Å². The zero-order valence-corrected chi connectivity index (χ0v) is 12.6. The highest BCUT2D eigenvalue weighted by molar-refractivity contribution is 7.71. The molecule has 1 saturated carbocycles. The maximum atomic E-state index is 5.26. The van der Waals surface area contributed by atoms with Gasteiger partial charge in [0.1, 0.15) is 5.76 Å². The quantitative estimate of drug-likeness (QED) is 0.682. The summed E-state index contributed by atoms with van der Waals surface area (Å²) in [5, 5.41) is 11.6. The van der Waals surface area contributed by atoms with Crippen LogP contribution >= 0.6 is 12.2 Å². The van der Waals surface area contributed by atoms with E-state index in [0.29, 0.717) is 10.7 Å². The van der Waals surface area contributed by atoms with Gasteiger partial charge >= 0.3 is 0 Å². The first-order valence-corrected chi connectivity index (χ1v) is 7.67. The summed E-state index contributed by atoms with van der Waals surface area (Å²) in [7, 11) is 0. The van der Waals surface area contributed by atoms with Gasteiger partial charge in [0.15, 0.2) is 5.82 Å². The van der Waals surface area contributed by atoms with Gasteiger partial charge in [-0.2, -0.15) is 14.9 Å². The predicted molar refractivity (Wildman–Crippen MR) is 84.9 cm³/mol. The Morgan fingerprint density at radius 2 is 2.24 bits per heavy atom. The fourth-order valence-electron chi connectivity index (χ4n) is 2.67. The van der Waals surface area contributed by atoms with Crippen molar-refractivity contribution in [1.29, 1.82) is 0 Å². The lowest BCUT2D eigenvalue weighted by Crippen LogP contribution is -2.10. The first-order chi connectivity index (χ1) is 10.3. The minimum absolute atomic E-state index is 0.456. The molecule has 0 aromatic carbocycles. The van der Waals surface area contributed by atoms with Crippen LogP contribution in [0.4, 0.5) is 0 Å². The van der Waals surface area contributed by atoms with Crippen LogP contribution in [0.2, 0.25) is 0 Å². The van der Waals surface area contributed by atoms with Gasteiger partial charge in [0.05, 0.1) is 6.26 Å². The molecule has 0 saturated heterocycles. The fraction of sp³-hybridized carbons (Fsp3) is 0.400. The van der Waals surface area contributed by atoms with E-state index in [1.165, 1.54) is 19.3 Å². The summed E-state index contributed by atoms with van der Waals surface area (Å²) in [6.07, 6.45) is 13.2. The van der Waals surface area contributed by atoms with E-state index in [1.54, 1.807) is 17.2 Å². The molecule has 1 N–H and O–H groups in total. The van der Waals surface area contributed by atoms with Crippen molar-refractivity contribution in [2.75, 3.05) is 0 Å². The van der Waals surface area contributed by atoms with Crippen molar-refractivity contribution >= 4 is 24.5 Å². The second-order valence-electron chi connectivity index (χ2n) is 5.17. The summed E-state index contributed by atoms with van der Waals surface area (Å²) in [4.78, 5) is 0. The van der Waals surface area contributed by atoms with E-state index in [4.69, 9.17) is 16.6 Å². The summed E-state index contributed by atoms with van der Waals surface area (Å²) in [5.74, 6) is 2.20. The average molecular weight is 302 g/mol. The van der Waals surface area contributed by atoms with Crippen molar-refractivity contribution in [2.45, 2.75) is 38.0 Å². The van der Waals surface area contributed by atoms with Gasteiger partial charge in [-0.15, -0.1) is 0 Å². The maximum Gasteiger partial charge on any atom is 0.216 e. The molecule has 6 heteroatoms. The Morgan fingerprint density at radius 1 is 1.38 bits per heavy atom. The number of rotatable bonds is 4. The van der Waals surface area contributed by atoms with Gasteiger partial charge < -0.3 is 4.42 Å². The Bertz CT molecular complexity index is 675. The smallest absolute Gasteiger partial charge is 0.216 e. The Morgan fingerprint density at radius 3 is 3.00 bits per heavy atom. The van der Waals surface area contributed by atoms with Gasteiger partial charge in [0, 0.05) is 12.1 Å². The van der Waals surface area contributed by atoms with Gasteiger partial charge in [-0.05, 0) is 49.3 Å². The summed E-state index contributed by atoms with van der Waals surface area (Å²) in [5.41, 5.74) is 0. The number of hydrogen-bond donors (Lipinski definition) is 1. The number of nitrogens with zero attached hydrogens (tertiary/aromatic N) is 3. The topological polar surface area (TPSA) is 59.1 Å². The Hall–Kier alpha value is -1.95. The minimum Gasteiger partial charge on any atom is -0.465 e. The molecule has 2 heterocycles. The third-order valence-corrected chi connectivity index (χ3v) is 3.98. The third-order valence-electron chi connectivity index (χ3n) is 3.72. The van der Waals surface area contributed by atoms with Crippen LogP contribution in [-0.2, 0) is 0 Å². The molecule has 21 heavy (non-hydrogen) atoms. The molecule has 110 valence electrons. The lowest BCUT2D eigenvalue weighted by molar-refractivity contribution is 0.419. The predicted octanol–water partition coefficient (Wildman–Crippen LogP) is 4.13. The lowest BCUT2D eigenvalue weighted by Gasteiger charge is -2.19. The van der Waals surface area contributed by atoms with Crippen molar-refractivity contribution in [2.24, 2.45) is 5.10 Å². The molecule has 5 nitrogen and oxygen atoms in total. The van der Waals surface area contributed by atoms with Gasteiger partial charge in [-0.25, -0.2) is 0 Å². The van der Waals surface area contributed by atoms with Crippen molar-refractivity contribution in [3.05, 3.63) is 40.8 Å². The number of H-pyrrole nitrogens is 1. The molecular weight excluding hydrogens is 284 g/mol. The third kappa shape index (κ3) is 3.39. The molecule has 0 amide bonds. The van der Waals surface area contributed by atoms with E-state index < -0.39 is 0 Å². The molecular formula is C15H18N4OS. The molecule has 1 aliphatic carbocycles. The van der Waals surface area contributed by atoms with E-state index in [9.17, 15) is 0 Å². The van der Waals surface area contributed by atoms with Gasteiger partial charge in [-0.3, -0.25) is 5.10 Å². The highest BCUT2D eigenvalue weighted by atomic mass is 32.1. The average Bonchev–Trinajstić information content (AvgIpc) is 3.15. The molecule has 0 unspecified atom stereocenters. The fourth-order valence-corrected chi connectivity index (χ4v) is 2.86. The zero-order valence-electron chi connectivity index (χ0n) is 11.7. The van der Waals surface area contributed by atoms with Crippen molar-refractivity contribution in [1.82, 2.24) is 14.9 Å². The molecule has 1 aliphatic rings. The first-order valence-electron chi connectivity index (χ1n) is 7.26. The number of aromatic amines is 1. The summed E-state index contributed by atoms with van der Waals surface area (Å²) < 4.78 is 7.49. The minimum atomic E-state index is 0.456. The SMILES string of the molecule is S=c1[nH]nc(C2CCCCC2)n1N=CC=Cc1ccco1. The van der Waals surface area contributed by atoms with Crippen LogP contribution in [0.25, 0.3) is 6.08 Å². The number of hydrogen-bond acceptors (Lipinski definition) is 4. The number of furan rings is 1. The summed E-state index contributed by atoms with van der Waals surface area (Å²) >= 11 is 5.26. The van der Waals surface area contributed by atoms with E-state index in [-0.39, 0.29) is 0 Å². The molecule has 0 atom stereocenters. The monoisotopic (exact) mass is 302 g/mol. The molecule has 0 radical (unpaired) electrons. The molecule has 0 spiro atoms. The second-order valence-corrected chi connectivity index (χ2v) is 5.56. The van der Waals surface area contributed by atoms with Crippen LogP contribution in [0.1, 0.15) is 49.6 Å². The highest BCUT2D eigenvalue weighted by Gasteiger charge is 2.21. The molecule has 2 aromatic rings. The van der Waals surface area contributed by atoms with E-state index in [1.807, 2.05) is 24.3 Å². The lowest BCUT2D eigenvalue weighted by atomic mass is 9.89. The molecule has 3 rings (SSSR count). The van der Waals surface area contributed by atoms with Crippen LogP contribution in [0.5, 0.6) is 0 Å². The maximum absolute atomic E-state index is 5.26. The molecule has 2 aromatic heterocycles. The van der Waals surface area contributed by atoms with Gasteiger partial charge in [0.25, 0.3) is 0 Å². The highest BCUT2D eigenvalue weighted by Crippen LogP contribution is 2.31. The van der Waals surface area contributed by atoms with Crippen LogP contribution in [-0.4, -0.2) is 21.1 Å². The number of allylic oxidation sites excluding steroid dienone is 1. The van der Waals surface area contributed by atoms with E-state index in [0.717, 1.165) is 24.4 Å². The Labute approximate surface area is 128 Å². The molecule has 0 aliphatic heterocycles. The number of aromatic nitrogens is 3. The van der Waals surface area contributed by atoms with Crippen molar-refractivity contribution in [3.63, 3.8) is 0 Å². The first kappa shape index (κ1) is 14.0. The van der Waals surface area contributed by atoms with Crippen LogP contribution < -0.4 is 0 Å². The normalized spacial score (nSPS) is 17.1. The largest absolute Gasteiger partial charge is 0.465 e. The standard InChI is InChI=1S/C15H18N4OS/c21-15-18-17-14(12-6-2-1-3-7-12)19(15)16-10-4-8-13-9-5-11-20-13/h4-5,8-12H,1-3,6-7H2,(H,18,21). The summed E-state index contributed by atoms with van der Waals surface area (Å²) in [6, 6.07) is 3.74.